The zero-order valence-electron chi connectivity index (χ0n) is 9.24. The van der Waals surface area contributed by atoms with Crippen LogP contribution in [-0.4, -0.2) is 34.3 Å². The molecule has 1 aliphatic heterocycles. The molecule has 1 aromatic carbocycles. The maximum Gasteiger partial charge on any atom is 0.269 e. The Morgan fingerprint density at radius 1 is 1.53 bits per heavy atom. The fraction of sp³-hybridized carbons (Fsp3) is 0.455. The summed E-state index contributed by atoms with van der Waals surface area (Å²) in [6, 6.07) is 4.42. The summed E-state index contributed by atoms with van der Waals surface area (Å²) in [7, 11) is 0. The quantitative estimate of drug-likeness (QED) is 0.596. The van der Waals surface area contributed by atoms with Crippen LogP contribution >= 0.6 is 0 Å². The van der Waals surface area contributed by atoms with Gasteiger partial charge >= 0.3 is 0 Å². The Bertz CT molecular complexity index is 435. The molecule has 1 aliphatic rings. The Labute approximate surface area is 98.3 Å². The van der Waals surface area contributed by atoms with Gasteiger partial charge in [0, 0.05) is 36.5 Å². The van der Waals surface area contributed by atoms with Crippen molar-refractivity contribution in [2.24, 2.45) is 0 Å². The van der Waals surface area contributed by atoms with Gasteiger partial charge in [-0.1, -0.05) is 0 Å². The van der Waals surface area contributed by atoms with Crippen molar-refractivity contribution in [2.75, 3.05) is 18.0 Å². The lowest BCUT2D eigenvalue weighted by atomic mass is 10.1. The van der Waals surface area contributed by atoms with E-state index in [-0.39, 0.29) is 18.4 Å². The Morgan fingerprint density at radius 3 is 2.82 bits per heavy atom. The lowest BCUT2D eigenvalue weighted by Gasteiger charge is -2.20. The minimum absolute atomic E-state index is 0.0301. The highest BCUT2D eigenvalue weighted by Gasteiger charge is 2.23. The van der Waals surface area contributed by atoms with Crippen LogP contribution in [0.5, 0.6) is 0 Å². The van der Waals surface area contributed by atoms with Crippen LogP contribution in [0, 0.1) is 10.1 Å². The number of non-ortho nitro benzene ring substituents is 1. The molecule has 6 heteroatoms. The Hall–Kier alpha value is -1.66. The second kappa shape index (κ2) is 4.68. The number of hydrogen-bond donors (Lipinski definition) is 2. The van der Waals surface area contributed by atoms with Crippen molar-refractivity contribution in [2.45, 2.75) is 19.1 Å². The van der Waals surface area contributed by atoms with Crippen molar-refractivity contribution < 1.29 is 15.1 Å². The number of benzene rings is 1. The molecular weight excluding hydrogens is 224 g/mol. The molecule has 92 valence electrons. The summed E-state index contributed by atoms with van der Waals surface area (Å²) in [5.41, 5.74) is 1.25. The first-order chi connectivity index (χ1) is 8.11. The number of hydrogen-bond acceptors (Lipinski definition) is 5. The van der Waals surface area contributed by atoms with Crippen molar-refractivity contribution >= 4 is 11.4 Å². The number of anilines is 1. The second-order valence-corrected chi connectivity index (χ2v) is 4.12. The molecule has 1 heterocycles. The fourth-order valence-electron chi connectivity index (χ4n) is 2.08. The molecule has 1 aromatic rings. The topological polar surface area (TPSA) is 86.8 Å². The van der Waals surface area contributed by atoms with E-state index in [2.05, 4.69) is 0 Å². The van der Waals surface area contributed by atoms with Gasteiger partial charge in [0.05, 0.1) is 17.6 Å². The van der Waals surface area contributed by atoms with Gasteiger partial charge in [0.15, 0.2) is 0 Å². The third kappa shape index (κ3) is 2.37. The average Bonchev–Trinajstić information content (AvgIpc) is 2.74. The Balaban J connectivity index is 2.31. The van der Waals surface area contributed by atoms with E-state index in [1.165, 1.54) is 12.1 Å². The van der Waals surface area contributed by atoms with Crippen molar-refractivity contribution in [1.82, 2.24) is 0 Å². The summed E-state index contributed by atoms with van der Waals surface area (Å²) in [6.07, 6.45) is 0.318. The summed E-state index contributed by atoms with van der Waals surface area (Å²) in [5.74, 6) is 0. The van der Waals surface area contributed by atoms with E-state index in [1.807, 2.05) is 4.90 Å². The van der Waals surface area contributed by atoms with E-state index in [4.69, 9.17) is 0 Å². The van der Waals surface area contributed by atoms with Crippen molar-refractivity contribution in [3.8, 4) is 0 Å². The van der Waals surface area contributed by atoms with Crippen LogP contribution in [0.25, 0.3) is 0 Å². The monoisotopic (exact) mass is 238 g/mol. The van der Waals surface area contributed by atoms with Gasteiger partial charge in [-0.05, 0) is 12.5 Å². The minimum atomic E-state index is -0.484. The Morgan fingerprint density at radius 2 is 2.29 bits per heavy atom. The average molecular weight is 238 g/mol. The predicted octanol–water partition coefficient (Wildman–Crippen LogP) is 0.658. The highest BCUT2D eigenvalue weighted by molar-refractivity contribution is 5.58. The van der Waals surface area contributed by atoms with E-state index in [1.54, 1.807) is 6.07 Å². The normalized spacial score (nSPS) is 19.6. The largest absolute Gasteiger partial charge is 0.392 e. The van der Waals surface area contributed by atoms with Gasteiger partial charge in [-0.2, -0.15) is 0 Å². The molecule has 0 amide bonds. The van der Waals surface area contributed by atoms with Crippen LogP contribution in [-0.2, 0) is 6.61 Å². The van der Waals surface area contributed by atoms with Crippen LogP contribution in [0.4, 0.5) is 11.4 Å². The highest BCUT2D eigenvalue weighted by atomic mass is 16.6. The molecule has 0 aliphatic carbocycles. The molecule has 0 unspecified atom stereocenters. The third-order valence-corrected chi connectivity index (χ3v) is 2.95. The van der Waals surface area contributed by atoms with Gasteiger partial charge in [0.1, 0.15) is 0 Å². The first kappa shape index (κ1) is 11.8. The molecular formula is C11H14N2O4. The molecule has 0 aromatic heterocycles. The molecule has 0 bridgehead atoms. The van der Waals surface area contributed by atoms with E-state index >= 15 is 0 Å². The zero-order valence-corrected chi connectivity index (χ0v) is 9.24. The molecule has 1 saturated heterocycles. The van der Waals surface area contributed by atoms with Gasteiger partial charge in [-0.3, -0.25) is 10.1 Å². The summed E-state index contributed by atoms with van der Waals surface area (Å²) in [4.78, 5) is 12.1. The lowest BCUT2D eigenvalue weighted by Crippen LogP contribution is -2.22. The van der Waals surface area contributed by atoms with Gasteiger partial charge in [0.2, 0.25) is 0 Å². The van der Waals surface area contributed by atoms with Crippen LogP contribution in [0.2, 0.25) is 0 Å². The van der Waals surface area contributed by atoms with Gasteiger partial charge < -0.3 is 15.1 Å². The molecule has 6 nitrogen and oxygen atoms in total. The number of nitrogens with zero attached hydrogens (tertiary/aromatic N) is 2. The van der Waals surface area contributed by atoms with Crippen LogP contribution in [0.1, 0.15) is 12.0 Å². The van der Waals surface area contributed by atoms with Crippen LogP contribution in [0.3, 0.4) is 0 Å². The molecule has 17 heavy (non-hydrogen) atoms. The smallest absolute Gasteiger partial charge is 0.269 e. The predicted molar refractivity (Wildman–Crippen MR) is 61.9 cm³/mol. The SMILES string of the molecule is O=[N+]([O-])c1ccc(N2CC[C@@H](O)C2)c(CO)c1. The fourth-order valence-corrected chi connectivity index (χ4v) is 2.08. The van der Waals surface area contributed by atoms with Crippen LogP contribution in [0.15, 0.2) is 18.2 Å². The maximum atomic E-state index is 10.6. The number of nitro groups is 1. The number of β-amino-alcohol motifs (C(OH)–C–C–N with tert-alkyl or cyclic N) is 1. The lowest BCUT2D eigenvalue weighted by molar-refractivity contribution is -0.384. The molecule has 1 fully saturated rings. The van der Waals surface area contributed by atoms with E-state index in [9.17, 15) is 20.3 Å². The summed E-state index contributed by atoms with van der Waals surface area (Å²) in [6.45, 7) is 0.959. The summed E-state index contributed by atoms with van der Waals surface area (Å²) < 4.78 is 0. The minimum Gasteiger partial charge on any atom is -0.392 e. The van der Waals surface area contributed by atoms with Crippen molar-refractivity contribution in [3.05, 3.63) is 33.9 Å². The molecule has 0 saturated carbocycles. The van der Waals surface area contributed by atoms with Crippen LogP contribution < -0.4 is 4.90 Å². The van der Waals surface area contributed by atoms with Gasteiger partial charge in [0.25, 0.3) is 5.69 Å². The first-order valence-corrected chi connectivity index (χ1v) is 5.43. The zero-order chi connectivity index (χ0) is 12.4. The van der Waals surface area contributed by atoms with E-state index in [0.29, 0.717) is 25.1 Å². The highest BCUT2D eigenvalue weighted by Crippen LogP contribution is 2.28. The third-order valence-electron chi connectivity index (χ3n) is 2.95. The van der Waals surface area contributed by atoms with Crippen molar-refractivity contribution in [1.29, 1.82) is 0 Å². The van der Waals surface area contributed by atoms with Gasteiger partial charge in [-0.15, -0.1) is 0 Å². The number of rotatable bonds is 3. The molecule has 1 atom stereocenters. The molecule has 0 spiro atoms. The van der Waals surface area contributed by atoms with Crippen molar-refractivity contribution in [3.63, 3.8) is 0 Å². The Kier molecular flexibility index (Phi) is 3.26. The van der Waals surface area contributed by atoms with E-state index < -0.39 is 4.92 Å². The molecule has 0 radical (unpaired) electrons. The maximum absolute atomic E-state index is 10.6. The van der Waals surface area contributed by atoms with Gasteiger partial charge in [-0.25, -0.2) is 0 Å². The number of aliphatic hydroxyl groups excluding tert-OH is 2. The first-order valence-electron chi connectivity index (χ1n) is 5.43. The molecule has 2 N–H and O–H groups in total. The standard InChI is InChI=1S/C11H14N2O4/c14-7-8-5-9(13(16)17)1-2-11(8)12-4-3-10(15)6-12/h1-2,5,10,14-15H,3-4,6-7H2/t10-/m1/s1. The molecule has 2 rings (SSSR count). The summed E-state index contributed by atoms with van der Waals surface area (Å²) >= 11 is 0. The number of nitro benzene ring substituents is 1. The number of aliphatic hydroxyl groups is 2. The van der Waals surface area contributed by atoms with E-state index in [0.717, 1.165) is 5.69 Å². The summed E-state index contributed by atoms with van der Waals surface area (Å²) in [5, 5.41) is 29.3. The second-order valence-electron chi connectivity index (χ2n) is 4.12.